The first-order chi connectivity index (χ1) is 7.96. The lowest BCUT2D eigenvalue weighted by atomic mass is 10.1. The number of benzene rings is 1. The van der Waals surface area contributed by atoms with E-state index in [0.717, 1.165) is 11.3 Å². The fraction of sp³-hybridized carbons (Fsp3) is 0.500. The third-order valence-electron chi connectivity index (χ3n) is 3.19. The van der Waals surface area contributed by atoms with Crippen molar-refractivity contribution in [2.24, 2.45) is 0 Å². The molecule has 1 heterocycles. The Balaban J connectivity index is 2.54. The zero-order chi connectivity index (χ0) is 12.6. The maximum Gasteiger partial charge on any atom is 0.186 e. The van der Waals surface area contributed by atoms with Crippen LogP contribution in [-0.4, -0.2) is 33.3 Å². The van der Waals surface area contributed by atoms with Crippen LogP contribution in [0.25, 0.3) is 0 Å². The van der Waals surface area contributed by atoms with Gasteiger partial charge in [-0.3, -0.25) is 0 Å². The van der Waals surface area contributed by atoms with Gasteiger partial charge < -0.3 is 10.6 Å². The lowest BCUT2D eigenvalue weighted by molar-refractivity contribution is 0.549. The molecule has 0 fully saturated rings. The smallest absolute Gasteiger partial charge is 0.186 e. The van der Waals surface area contributed by atoms with Gasteiger partial charge in [0.25, 0.3) is 0 Å². The van der Waals surface area contributed by atoms with Crippen molar-refractivity contribution in [3.8, 4) is 0 Å². The van der Waals surface area contributed by atoms with Crippen LogP contribution in [0, 0.1) is 6.92 Å². The van der Waals surface area contributed by atoms with Crippen LogP contribution in [0.5, 0.6) is 0 Å². The summed E-state index contributed by atoms with van der Waals surface area (Å²) in [6.45, 7) is 4.33. The van der Waals surface area contributed by atoms with E-state index in [2.05, 4.69) is 10.6 Å². The van der Waals surface area contributed by atoms with Crippen LogP contribution in [0.15, 0.2) is 23.1 Å². The first-order valence-corrected chi connectivity index (χ1v) is 7.27. The van der Waals surface area contributed by atoms with Gasteiger partial charge in [0.05, 0.1) is 15.8 Å². The SMILES string of the molecule is CNCC1C(C)Nc2cc(C)ccc2S1(=O)=O. The zero-order valence-corrected chi connectivity index (χ0v) is 11.1. The number of nitrogens with one attached hydrogen (secondary N) is 2. The Hall–Kier alpha value is -1.07. The summed E-state index contributed by atoms with van der Waals surface area (Å²) in [5.41, 5.74) is 1.79. The number of aryl methyl sites for hydroxylation is 1. The number of fused-ring (bicyclic) bond motifs is 1. The minimum absolute atomic E-state index is 0.0817. The summed E-state index contributed by atoms with van der Waals surface area (Å²) in [6.07, 6.45) is 0. The molecule has 0 aromatic heterocycles. The van der Waals surface area contributed by atoms with Crippen molar-refractivity contribution in [2.45, 2.75) is 30.0 Å². The Morgan fingerprint density at radius 3 is 2.76 bits per heavy atom. The minimum atomic E-state index is -3.24. The molecular formula is C12H18N2O2S. The number of hydrogen-bond acceptors (Lipinski definition) is 4. The summed E-state index contributed by atoms with van der Waals surface area (Å²) in [4.78, 5) is 0.418. The quantitative estimate of drug-likeness (QED) is 0.832. The van der Waals surface area contributed by atoms with Gasteiger partial charge in [0, 0.05) is 12.6 Å². The van der Waals surface area contributed by atoms with E-state index in [0.29, 0.717) is 11.4 Å². The second-order valence-electron chi connectivity index (χ2n) is 4.57. The average Bonchev–Trinajstić information content (AvgIpc) is 2.23. The second kappa shape index (κ2) is 4.31. The minimum Gasteiger partial charge on any atom is -0.380 e. The van der Waals surface area contributed by atoms with Gasteiger partial charge in [-0.15, -0.1) is 0 Å². The Morgan fingerprint density at radius 2 is 2.12 bits per heavy atom. The van der Waals surface area contributed by atoms with E-state index in [-0.39, 0.29) is 6.04 Å². The van der Waals surface area contributed by atoms with Crippen LogP contribution in [0.4, 0.5) is 5.69 Å². The maximum atomic E-state index is 12.4. The highest BCUT2D eigenvalue weighted by atomic mass is 32.2. The Bertz CT molecular complexity index is 525. The van der Waals surface area contributed by atoms with E-state index in [1.165, 1.54) is 0 Å². The largest absolute Gasteiger partial charge is 0.380 e. The number of anilines is 1. The van der Waals surface area contributed by atoms with Gasteiger partial charge in [-0.1, -0.05) is 6.07 Å². The molecule has 1 aliphatic heterocycles. The van der Waals surface area contributed by atoms with E-state index >= 15 is 0 Å². The van der Waals surface area contributed by atoms with Gasteiger partial charge >= 0.3 is 0 Å². The molecule has 0 radical (unpaired) electrons. The molecule has 0 aliphatic carbocycles. The van der Waals surface area contributed by atoms with E-state index in [1.54, 1.807) is 13.1 Å². The highest BCUT2D eigenvalue weighted by Gasteiger charge is 2.37. The molecule has 17 heavy (non-hydrogen) atoms. The van der Waals surface area contributed by atoms with Crippen LogP contribution in [0.3, 0.4) is 0 Å². The molecule has 0 amide bonds. The fourth-order valence-electron chi connectivity index (χ4n) is 2.26. The fourth-order valence-corrected chi connectivity index (χ4v) is 4.26. The first-order valence-electron chi connectivity index (χ1n) is 5.72. The molecule has 2 N–H and O–H groups in total. The van der Waals surface area contributed by atoms with Crippen molar-refractivity contribution in [3.63, 3.8) is 0 Å². The van der Waals surface area contributed by atoms with Gasteiger partial charge in [-0.25, -0.2) is 8.42 Å². The summed E-state index contributed by atoms with van der Waals surface area (Å²) in [5, 5.41) is 5.80. The van der Waals surface area contributed by atoms with Crippen LogP contribution in [0.1, 0.15) is 12.5 Å². The number of rotatable bonds is 2. The third-order valence-corrected chi connectivity index (χ3v) is 5.53. The lowest BCUT2D eigenvalue weighted by Crippen LogP contribution is -2.47. The zero-order valence-electron chi connectivity index (χ0n) is 10.3. The van der Waals surface area contributed by atoms with Crippen molar-refractivity contribution >= 4 is 15.5 Å². The third kappa shape index (κ3) is 2.05. The lowest BCUT2D eigenvalue weighted by Gasteiger charge is -2.32. The van der Waals surface area contributed by atoms with E-state index in [1.807, 2.05) is 26.0 Å². The average molecular weight is 254 g/mol. The highest BCUT2D eigenvalue weighted by molar-refractivity contribution is 7.92. The van der Waals surface area contributed by atoms with Gasteiger partial charge in [0.15, 0.2) is 9.84 Å². The van der Waals surface area contributed by atoms with Crippen LogP contribution >= 0.6 is 0 Å². The van der Waals surface area contributed by atoms with E-state index in [4.69, 9.17) is 0 Å². The molecule has 1 aromatic carbocycles. The number of hydrogen-bond donors (Lipinski definition) is 2. The molecule has 94 valence electrons. The van der Waals surface area contributed by atoms with Crippen LogP contribution < -0.4 is 10.6 Å². The van der Waals surface area contributed by atoms with Crippen LogP contribution in [0.2, 0.25) is 0 Å². The predicted octanol–water partition coefficient (Wildman–Crippen LogP) is 1.17. The van der Waals surface area contributed by atoms with Crippen molar-refractivity contribution < 1.29 is 8.42 Å². The standard InChI is InChI=1S/C12H18N2O2S/c1-8-4-5-11-10(6-8)14-9(2)12(7-13-3)17(11,15)16/h4-6,9,12-14H,7H2,1-3H3. The van der Waals surface area contributed by atoms with Gasteiger partial charge in [-0.05, 0) is 38.6 Å². The Morgan fingerprint density at radius 1 is 1.41 bits per heavy atom. The molecular weight excluding hydrogens is 236 g/mol. The first kappa shape index (κ1) is 12.4. The molecule has 0 saturated carbocycles. The molecule has 2 unspecified atom stereocenters. The number of sulfone groups is 1. The monoisotopic (exact) mass is 254 g/mol. The molecule has 0 bridgehead atoms. The topological polar surface area (TPSA) is 58.2 Å². The second-order valence-corrected chi connectivity index (χ2v) is 6.71. The molecule has 1 aromatic rings. The Labute approximate surface area is 102 Å². The van der Waals surface area contributed by atoms with Gasteiger partial charge in [0.2, 0.25) is 0 Å². The highest BCUT2D eigenvalue weighted by Crippen LogP contribution is 2.32. The van der Waals surface area contributed by atoms with Crippen molar-refractivity contribution in [3.05, 3.63) is 23.8 Å². The molecule has 0 saturated heterocycles. The molecule has 4 nitrogen and oxygen atoms in total. The molecule has 5 heteroatoms. The maximum absolute atomic E-state index is 12.4. The van der Waals surface area contributed by atoms with Crippen molar-refractivity contribution in [1.82, 2.24) is 5.32 Å². The summed E-state index contributed by atoms with van der Waals surface area (Å²) in [6, 6.07) is 5.34. The summed E-state index contributed by atoms with van der Waals surface area (Å²) in [5.74, 6) is 0. The van der Waals surface area contributed by atoms with Crippen LogP contribution in [-0.2, 0) is 9.84 Å². The van der Waals surface area contributed by atoms with Gasteiger partial charge in [0.1, 0.15) is 0 Å². The summed E-state index contributed by atoms with van der Waals surface area (Å²) in [7, 11) is -1.47. The van der Waals surface area contributed by atoms with E-state index in [9.17, 15) is 8.42 Å². The molecule has 2 atom stereocenters. The Kier molecular flexibility index (Phi) is 3.14. The van der Waals surface area contributed by atoms with Crippen molar-refractivity contribution in [2.75, 3.05) is 18.9 Å². The molecule has 1 aliphatic rings. The normalized spacial score (nSPS) is 26.1. The molecule has 0 spiro atoms. The van der Waals surface area contributed by atoms with Gasteiger partial charge in [-0.2, -0.15) is 0 Å². The summed E-state index contributed by atoms with van der Waals surface area (Å²) < 4.78 is 24.9. The molecule has 2 rings (SSSR count). The van der Waals surface area contributed by atoms with E-state index < -0.39 is 15.1 Å². The predicted molar refractivity (Wildman–Crippen MR) is 69.2 cm³/mol. The van der Waals surface area contributed by atoms with Crippen molar-refractivity contribution in [1.29, 1.82) is 0 Å². The summed E-state index contributed by atoms with van der Waals surface area (Å²) >= 11 is 0.